The van der Waals surface area contributed by atoms with E-state index in [2.05, 4.69) is 0 Å². The summed E-state index contributed by atoms with van der Waals surface area (Å²) >= 11 is 18.5. The Morgan fingerprint density at radius 3 is 2.72 bits per heavy atom. The molecule has 0 atom stereocenters. The van der Waals surface area contributed by atoms with Crippen molar-refractivity contribution >= 4 is 63.8 Å². The fourth-order valence-corrected chi connectivity index (χ4v) is 4.12. The average molecular weight is 414 g/mol. The highest BCUT2D eigenvalue weighted by atomic mass is 35.5. The number of hydrogen-bond acceptors (Lipinski definition) is 3. The molecule has 0 fully saturated rings. The van der Waals surface area contributed by atoms with Crippen LogP contribution in [0.25, 0.3) is 0 Å². The first-order chi connectivity index (χ1) is 11.9. The van der Waals surface area contributed by atoms with Gasteiger partial charge in [-0.25, -0.2) is 9.18 Å². The Bertz CT molecular complexity index is 918. The fourth-order valence-electron chi connectivity index (χ4n) is 2.41. The number of carboxylic acids is 1. The van der Waals surface area contributed by atoms with Crippen molar-refractivity contribution in [2.24, 2.45) is 0 Å². The topological polar surface area (TPSA) is 40.5 Å². The van der Waals surface area contributed by atoms with Crippen molar-refractivity contribution in [3.8, 4) is 0 Å². The number of rotatable bonds is 3. The van der Waals surface area contributed by atoms with Crippen molar-refractivity contribution in [2.45, 2.75) is 11.4 Å². The van der Waals surface area contributed by atoms with Gasteiger partial charge in [0.2, 0.25) is 0 Å². The van der Waals surface area contributed by atoms with Gasteiger partial charge in [-0.2, -0.15) is 0 Å². The number of hydrogen-bond donors (Lipinski definition) is 1. The van der Waals surface area contributed by atoms with E-state index < -0.39 is 11.8 Å². The van der Waals surface area contributed by atoms with Crippen LogP contribution in [0, 0.1) is 5.82 Å². The van der Waals surface area contributed by atoms with E-state index in [1.165, 1.54) is 6.07 Å². The normalized spacial score (nSPS) is 15.4. The molecule has 8 heteroatoms. The van der Waals surface area contributed by atoms with Crippen molar-refractivity contribution in [3.05, 3.63) is 68.8 Å². The Labute approximate surface area is 163 Å². The van der Waals surface area contributed by atoms with Crippen molar-refractivity contribution in [1.29, 1.82) is 0 Å². The van der Waals surface area contributed by atoms with Gasteiger partial charge in [0.05, 0.1) is 20.6 Å². The molecule has 0 unspecified atom stereocenters. The first kappa shape index (κ1) is 18.2. The van der Waals surface area contributed by atoms with Gasteiger partial charge in [-0.15, -0.1) is 0 Å². The van der Waals surface area contributed by atoms with E-state index in [9.17, 15) is 9.18 Å². The summed E-state index contributed by atoms with van der Waals surface area (Å²) in [5, 5.41) is 9.85. The second-order valence-corrected chi connectivity index (χ2v) is 7.46. The van der Waals surface area contributed by atoms with Crippen LogP contribution in [-0.2, 0) is 11.3 Å². The predicted octanol–water partition coefficient (Wildman–Crippen LogP) is 5.54. The molecule has 3 rings (SSSR count). The molecule has 0 radical (unpaired) electrons. The van der Waals surface area contributed by atoms with Crippen LogP contribution < -0.4 is 4.90 Å². The van der Waals surface area contributed by atoms with Crippen molar-refractivity contribution in [2.75, 3.05) is 4.90 Å². The van der Waals surface area contributed by atoms with E-state index in [1.807, 2.05) is 0 Å². The summed E-state index contributed by atoms with van der Waals surface area (Å²) in [5.74, 6) is -1.54. The number of carboxylic acid groups (broad SMARTS) is 1. The molecule has 0 aromatic heterocycles. The minimum atomic E-state index is -1.11. The van der Waals surface area contributed by atoms with Gasteiger partial charge in [0.1, 0.15) is 10.8 Å². The molecule has 0 bridgehead atoms. The van der Waals surface area contributed by atoms with Crippen LogP contribution in [0.5, 0.6) is 0 Å². The van der Waals surface area contributed by atoms with E-state index in [0.717, 1.165) is 23.4 Å². The number of fused-ring (bicyclic) bond motifs is 1. The van der Waals surface area contributed by atoms with Crippen LogP contribution >= 0.6 is 47.2 Å². The number of aliphatic carboxylic acids is 1. The molecule has 2 aromatic rings. The lowest BCUT2D eigenvalue weighted by atomic mass is 10.1. The Kier molecular flexibility index (Phi) is 5.34. The molecule has 0 spiro atoms. The number of carbonyl (C=O) groups is 1. The quantitative estimate of drug-likeness (QED) is 0.528. The molecule has 25 heavy (non-hydrogen) atoms. The molecule has 3 nitrogen and oxygen atoms in total. The summed E-state index contributed by atoms with van der Waals surface area (Å²) < 4.78 is 14.4. The molecule has 1 heterocycles. The number of thioether (sulfide) groups is 1. The molecular formula is C17H10Cl2FNO2S2. The zero-order valence-electron chi connectivity index (χ0n) is 12.5. The third-order valence-electron chi connectivity index (χ3n) is 3.47. The van der Waals surface area contributed by atoms with Crippen LogP contribution in [0.3, 0.4) is 0 Å². The number of anilines is 1. The smallest absolute Gasteiger partial charge is 0.329 e. The second-order valence-electron chi connectivity index (χ2n) is 5.18. The molecule has 0 saturated carbocycles. The van der Waals surface area contributed by atoms with Crippen molar-refractivity contribution < 1.29 is 14.3 Å². The van der Waals surface area contributed by atoms with E-state index in [-0.39, 0.29) is 11.5 Å². The molecule has 1 aliphatic rings. The summed E-state index contributed by atoms with van der Waals surface area (Å²) in [6.07, 6.45) is 1.03. The van der Waals surface area contributed by atoms with Crippen molar-refractivity contribution in [3.63, 3.8) is 0 Å². The maximum Gasteiger partial charge on any atom is 0.329 e. The lowest BCUT2D eigenvalue weighted by Gasteiger charge is -2.33. The summed E-state index contributed by atoms with van der Waals surface area (Å²) in [7, 11) is 0. The van der Waals surface area contributed by atoms with Crippen LogP contribution in [0.2, 0.25) is 10.0 Å². The second kappa shape index (κ2) is 7.33. The first-order valence-corrected chi connectivity index (χ1v) is 9.01. The number of benzene rings is 2. The van der Waals surface area contributed by atoms with Gasteiger partial charge in [0.25, 0.3) is 0 Å². The summed E-state index contributed by atoms with van der Waals surface area (Å²) in [6.45, 7) is 0.237. The highest BCUT2D eigenvalue weighted by Gasteiger charge is 2.29. The van der Waals surface area contributed by atoms with E-state index in [4.69, 9.17) is 40.5 Å². The molecule has 128 valence electrons. The van der Waals surface area contributed by atoms with Gasteiger partial charge in [-0.1, -0.05) is 59.3 Å². The molecule has 0 saturated heterocycles. The Morgan fingerprint density at radius 2 is 2.04 bits per heavy atom. The van der Waals surface area contributed by atoms with Gasteiger partial charge in [-0.3, -0.25) is 0 Å². The van der Waals surface area contributed by atoms with Crippen LogP contribution in [0.1, 0.15) is 5.56 Å². The molecular weight excluding hydrogens is 404 g/mol. The summed E-state index contributed by atoms with van der Waals surface area (Å²) in [5.41, 5.74) is 1.10. The van der Waals surface area contributed by atoms with Gasteiger partial charge in [0.15, 0.2) is 0 Å². The van der Waals surface area contributed by atoms with Gasteiger partial charge < -0.3 is 10.0 Å². The maximum absolute atomic E-state index is 14.4. The number of para-hydroxylation sites is 1. The van der Waals surface area contributed by atoms with Crippen molar-refractivity contribution in [1.82, 2.24) is 0 Å². The Balaban J connectivity index is 2.07. The average Bonchev–Trinajstić information content (AvgIpc) is 2.54. The predicted molar refractivity (Wildman–Crippen MR) is 103 cm³/mol. The van der Waals surface area contributed by atoms with Gasteiger partial charge >= 0.3 is 5.97 Å². The lowest BCUT2D eigenvalue weighted by Crippen LogP contribution is -2.33. The summed E-state index contributed by atoms with van der Waals surface area (Å²) in [6, 6.07) is 9.73. The highest BCUT2D eigenvalue weighted by molar-refractivity contribution is 8.05. The first-order valence-electron chi connectivity index (χ1n) is 7.03. The third kappa shape index (κ3) is 3.82. The lowest BCUT2D eigenvalue weighted by molar-refractivity contribution is -0.131. The largest absolute Gasteiger partial charge is 0.478 e. The fraction of sp³-hybridized carbons (Fsp3) is 0.0588. The Hall–Kier alpha value is -1.60. The number of halogens is 3. The Morgan fingerprint density at radius 1 is 1.28 bits per heavy atom. The molecule has 0 aliphatic carbocycles. The minimum absolute atomic E-state index is 0.237. The SMILES string of the molecule is O=C(O)C=C1Sc2cccc(F)c2N(Cc2ccc(Cl)c(Cl)c2)C1=S. The molecule has 1 N–H and O–H groups in total. The maximum atomic E-state index is 14.4. The van der Waals surface area contributed by atoms with E-state index >= 15 is 0 Å². The zero-order chi connectivity index (χ0) is 18.1. The van der Waals surface area contributed by atoms with Crippen LogP contribution in [-0.4, -0.2) is 16.1 Å². The molecule has 1 aliphatic heterocycles. The monoisotopic (exact) mass is 413 g/mol. The highest BCUT2D eigenvalue weighted by Crippen LogP contribution is 2.44. The zero-order valence-corrected chi connectivity index (χ0v) is 15.6. The molecule has 0 amide bonds. The molecule has 2 aromatic carbocycles. The summed E-state index contributed by atoms with van der Waals surface area (Å²) in [4.78, 5) is 13.9. The van der Waals surface area contributed by atoms with Crippen LogP contribution in [0.4, 0.5) is 10.1 Å². The minimum Gasteiger partial charge on any atom is -0.478 e. The number of thiocarbonyl (C=S) groups is 1. The van der Waals surface area contributed by atoms with E-state index in [0.29, 0.717) is 25.5 Å². The van der Waals surface area contributed by atoms with Crippen LogP contribution in [0.15, 0.2) is 52.3 Å². The number of nitrogens with zero attached hydrogens (tertiary/aromatic N) is 1. The van der Waals surface area contributed by atoms with Gasteiger partial charge in [0, 0.05) is 17.5 Å². The van der Waals surface area contributed by atoms with E-state index in [1.54, 1.807) is 35.2 Å². The van der Waals surface area contributed by atoms with Gasteiger partial charge in [-0.05, 0) is 29.8 Å². The third-order valence-corrected chi connectivity index (χ3v) is 5.86. The standard InChI is InChI=1S/C17H10Cl2FNO2S2/c18-10-5-4-9(6-11(10)19)8-21-16-12(20)2-1-3-13(16)25-14(17(21)24)7-15(22)23/h1-7H,8H2,(H,22,23).